The van der Waals surface area contributed by atoms with Crippen LogP contribution in [-0.4, -0.2) is 48.2 Å². The lowest BCUT2D eigenvalue weighted by Gasteiger charge is -2.27. The van der Waals surface area contributed by atoms with Gasteiger partial charge in [0.25, 0.3) is 5.91 Å². The molecule has 2 saturated heterocycles. The summed E-state index contributed by atoms with van der Waals surface area (Å²) in [5, 5.41) is 2.96. The van der Waals surface area contributed by atoms with Crippen LogP contribution in [0.25, 0.3) is 0 Å². The van der Waals surface area contributed by atoms with Crippen LogP contribution in [0.4, 0.5) is 5.95 Å². The van der Waals surface area contributed by atoms with Gasteiger partial charge in [0, 0.05) is 31.9 Å². The molecule has 2 aliphatic rings. The van der Waals surface area contributed by atoms with Gasteiger partial charge in [-0.2, -0.15) is 0 Å². The van der Waals surface area contributed by atoms with E-state index in [2.05, 4.69) is 34.0 Å². The number of carbonyl (C=O) groups excluding carboxylic acids is 1. The van der Waals surface area contributed by atoms with Gasteiger partial charge in [0.15, 0.2) is 0 Å². The summed E-state index contributed by atoms with van der Waals surface area (Å²) in [4.78, 5) is 24.0. The molecule has 1 aromatic heterocycles. The maximum absolute atomic E-state index is 12.5. The number of hydrogen-bond donors (Lipinski definition) is 1. The zero-order valence-corrected chi connectivity index (χ0v) is 14.8. The number of rotatable bonds is 5. The van der Waals surface area contributed by atoms with Gasteiger partial charge in [0.05, 0.1) is 6.10 Å². The average Bonchev–Trinajstić information content (AvgIpc) is 3.13. The van der Waals surface area contributed by atoms with Gasteiger partial charge in [0.1, 0.15) is 5.69 Å². The highest BCUT2D eigenvalue weighted by molar-refractivity contribution is 5.92. The molecule has 0 radical (unpaired) electrons. The predicted octanol–water partition coefficient (Wildman–Crippen LogP) is 2.50. The molecule has 2 fully saturated rings. The molecule has 0 aromatic carbocycles. The fourth-order valence-electron chi connectivity index (χ4n) is 3.20. The molecule has 0 bridgehead atoms. The first-order valence-electron chi connectivity index (χ1n) is 9.17. The molecule has 3 heterocycles. The maximum Gasteiger partial charge on any atom is 0.270 e. The highest BCUT2D eigenvalue weighted by atomic mass is 16.5. The van der Waals surface area contributed by atoms with Gasteiger partial charge >= 0.3 is 0 Å². The molecule has 0 aliphatic carbocycles. The highest BCUT2D eigenvalue weighted by Gasteiger charge is 2.21. The Balaban J connectivity index is 1.74. The van der Waals surface area contributed by atoms with Crippen molar-refractivity contribution in [1.82, 2.24) is 15.3 Å². The van der Waals surface area contributed by atoms with Crippen molar-refractivity contribution < 1.29 is 9.53 Å². The van der Waals surface area contributed by atoms with Crippen molar-refractivity contribution in [3.05, 3.63) is 17.5 Å². The van der Waals surface area contributed by atoms with Gasteiger partial charge in [-0.25, -0.2) is 9.97 Å². The van der Waals surface area contributed by atoms with E-state index in [1.807, 2.05) is 6.07 Å². The third kappa shape index (κ3) is 4.23. The molecular formula is C18H28N4O2. The average molecular weight is 332 g/mol. The van der Waals surface area contributed by atoms with Gasteiger partial charge in [-0.3, -0.25) is 4.79 Å². The maximum atomic E-state index is 12.5. The van der Waals surface area contributed by atoms with Crippen molar-refractivity contribution in [2.45, 2.75) is 58.0 Å². The Morgan fingerprint density at radius 1 is 1.29 bits per heavy atom. The van der Waals surface area contributed by atoms with Crippen LogP contribution in [0.15, 0.2) is 6.07 Å². The number of nitrogens with zero attached hydrogens (tertiary/aromatic N) is 3. The Hall–Kier alpha value is -1.69. The fourth-order valence-corrected chi connectivity index (χ4v) is 3.20. The second-order valence-corrected chi connectivity index (χ2v) is 7.03. The largest absolute Gasteiger partial charge is 0.376 e. The zero-order valence-electron chi connectivity index (χ0n) is 14.8. The van der Waals surface area contributed by atoms with E-state index in [1.165, 1.54) is 6.42 Å². The monoisotopic (exact) mass is 332 g/mol. The number of nitrogens with one attached hydrogen (secondary N) is 1. The summed E-state index contributed by atoms with van der Waals surface area (Å²) in [5.74, 6) is 0.831. The molecule has 1 atom stereocenters. The van der Waals surface area contributed by atoms with E-state index in [1.54, 1.807) is 0 Å². The number of ether oxygens (including phenoxy) is 1. The Morgan fingerprint density at radius 3 is 2.75 bits per heavy atom. The van der Waals surface area contributed by atoms with E-state index in [0.29, 0.717) is 18.2 Å². The summed E-state index contributed by atoms with van der Waals surface area (Å²) in [7, 11) is 0. The van der Waals surface area contributed by atoms with Crippen molar-refractivity contribution in [3.63, 3.8) is 0 Å². The van der Waals surface area contributed by atoms with E-state index in [4.69, 9.17) is 4.74 Å². The smallest absolute Gasteiger partial charge is 0.270 e. The highest BCUT2D eigenvalue weighted by Crippen LogP contribution is 2.20. The van der Waals surface area contributed by atoms with Crippen LogP contribution < -0.4 is 10.2 Å². The quantitative estimate of drug-likeness (QED) is 0.897. The standard InChI is InChI=1S/C18H28N4O2/c1-13(2)15-11-16(17(23)19-12-14-7-6-10-24-14)21-18(20-15)22-8-4-3-5-9-22/h11,13-14H,3-10,12H2,1-2H3,(H,19,23)/t14-/m0/s1. The Kier molecular flexibility index (Phi) is 5.66. The number of hydrogen-bond acceptors (Lipinski definition) is 5. The molecule has 6 heteroatoms. The van der Waals surface area contributed by atoms with Crippen LogP contribution in [0.5, 0.6) is 0 Å². The van der Waals surface area contributed by atoms with Gasteiger partial charge in [-0.15, -0.1) is 0 Å². The Morgan fingerprint density at radius 2 is 2.08 bits per heavy atom. The molecular weight excluding hydrogens is 304 g/mol. The Bertz CT molecular complexity index is 564. The molecule has 132 valence electrons. The summed E-state index contributed by atoms with van der Waals surface area (Å²) < 4.78 is 5.56. The summed E-state index contributed by atoms with van der Waals surface area (Å²) in [6.07, 6.45) is 5.81. The van der Waals surface area contributed by atoms with E-state index < -0.39 is 0 Å². The third-order valence-corrected chi connectivity index (χ3v) is 4.71. The molecule has 1 aromatic rings. The van der Waals surface area contributed by atoms with Gasteiger partial charge in [0.2, 0.25) is 5.95 Å². The fraction of sp³-hybridized carbons (Fsp3) is 0.722. The van der Waals surface area contributed by atoms with Crippen LogP contribution >= 0.6 is 0 Å². The lowest BCUT2D eigenvalue weighted by molar-refractivity contribution is 0.0853. The van der Waals surface area contributed by atoms with Crippen molar-refractivity contribution in [2.24, 2.45) is 0 Å². The normalized spacial score (nSPS) is 21.3. The third-order valence-electron chi connectivity index (χ3n) is 4.71. The first kappa shape index (κ1) is 17.1. The summed E-state index contributed by atoms with van der Waals surface area (Å²) >= 11 is 0. The molecule has 6 nitrogen and oxygen atoms in total. The second-order valence-electron chi connectivity index (χ2n) is 7.03. The lowest BCUT2D eigenvalue weighted by Crippen LogP contribution is -2.34. The summed E-state index contributed by atoms with van der Waals surface area (Å²) in [6, 6.07) is 1.82. The van der Waals surface area contributed by atoms with Crippen molar-refractivity contribution >= 4 is 11.9 Å². The number of piperidine rings is 1. The molecule has 2 aliphatic heterocycles. The molecule has 3 rings (SSSR count). The molecule has 1 amide bonds. The predicted molar refractivity (Wildman–Crippen MR) is 93.5 cm³/mol. The lowest BCUT2D eigenvalue weighted by atomic mass is 10.1. The molecule has 0 spiro atoms. The molecule has 1 N–H and O–H groups in total. The van der Waals surface area contributed by atoms with Crippen LogP contribution in [0, 0.1) is 0 Å². The minimum Gasteiger partial charge on any atom is -0.376 e. The van der Waals surface area contributed by atoms with Crippen molar-refractivity contribution in [1.29, 1.82) is 0 Å². The number of carbonyl (C=O) groups is 1. The van der Waals surface area contributed by atoms with E-state index in [9.17, 15) is 4.79 Å². The number of aromatic nitrogens is 2. The Labute approximate surface area is 144 Å². The first-order chi connectivity index (χ1) is 11.6. The topological polar surface area (TPSA) is 67.3 Å². The minimum absolute atomic E-state index is 0.131. The molecule has 0 saturated carbocycles. The van der Waals surface area contributed by atoms with Crippen LogP contribution in [-0.2, 0) is 4.74 Å². The minimum atomic E-state index is -0.131. The zero-order chi connectivity index (χ0) is 16.9. The van der Waals surface area contributed by atoms with Gasteiger partial charge < -0.3 is 15.0 Å². The first-order valence-corrected chi connectivity index (χ1v) is 9.17. The molecule has 24 heavy (non-hydrogen) atoms. The van der Waals surface area contributed by atoms with Crippen LogP contribution in [0.2, 0.25) is 0 Å². The van der Waals surface area contributed by atoms with Crippen molar-refractivity contribution in [2.75, 3.05) is 31.1 Å². The number of anilines is 1. The number of amides is 1. The molecule has 0 unspecified atom stereocenters. The summed E-state index contributed by atoms with van der Waals surface area (Å²) in [6.45, 7) is 7.48. The van der Waals surface area contributed by atoms with Crippen LogP contribution in [0.1, 0.15) is 68.1 Å². The van der Waals surface area contributed by atoms with E-state index in [0.717, 1.165) is 51.1 Å². The van der Waals surface area contributed by atoms with Crippen LogP contribution in [0.3, 0.4) is 0 Å². The van der Waals surface area contributed by atoms with Gasteiger partial charge in [-0.05, 0) is 44.1 Å². The van der Waals surface area contributed by atoms with Gasteiger partial charge in [-0.1, -0.05) is 13.8 Å². The SMILES string of the molecule is CC(C)c1cc(C(=O)NC[C@@H]2CCCO2)nc(N2CCCCC2)n1. The summed E-state index contributed by atoms with van der Waals surface area (Å²) in [5.41, 5.74) is 1.39. The second kappa shape index (κ2) is 7.92. The van der Waals surface area contributed by atoms with E-state index in [-0.39, 0.29) is 17.9 Å². The van der Waals surface area contributed by atoms with E-state index >= 15 is 0 Å². The van der Waals surface area contributed by atoms with Crippen molar-refractivity contribution in [3.8, 4) is 0 Å².